The molecule has 1 saturated carbocycles. The fourth-order valence-electron chi connectivity index (χ4n) is 3.88. The SMILES string of the molecule is COC(=O)c1ccc(C=CC[C@@H]2[C@@H](C=Cc3cc(Cl)cc(Cl)c3)[C@H](C)C[C@H]2Cl)s1. The summed E-state index contributed by atoms with van der Waals surface area (Å²) in [6.07, 6.45) is 10.4. The largest absolute Gasteiger partial charge is 0.465 e. The topological polar surface area (TPSA) is 26.3 Å². The van der Waals surface area contributed by atoms with Gasteiger partial charge in [-0.15, -0.1) is 22.9 Å². The molecule has 1 aliphatic rings. The second-order valence-electron chi connectivity index (χ2n) is 7.36. The lowest BCUT2D eigenvalue weighted by atomic mass is 9.87. The van der Waals surface area contributed by atoms with Gasteiger partial charge in [-0.1, -0.05) is 48.4 Å². The number of esters is 1. The maximum absolute atomic E-state index is 11.6. The van der Waals surface area contributed by atoms with Crippen LogP contribution in [0, 0.1) is 17.8 Å². The zero-order valence-electron chi connectivity index (χ0n) is 16.3. The van der Waals surface area contributed by atoms with E-state index in [4.69, 9.17) is 39.5 Å². The molecule has 154 valence electrons. The summed E-state index contributed by atoms with van der Waals surface area (Å²) in [6.45, 7) is 2.25. The minimum atomic E-state index is -0.300. The summed E-state index contributed by atoms with van der Waals surface area (Å²) >= 11 is 20.3. The van der Waals surface area contributed by atoms with Crippen LogP contribution in [0.15, 0.2) is 42.5 Å². The van der Waals surface area contributed by atoms with Crippen molar-refractivity contribution in [3.8, 4) is 0 Å². The van der Waals surface area contributed by atoms with Crippen LogP contribution in [0.5, 0.6) is 0 Å². The summed E-state index contributed by atoms with van der Waals surface area (Å²) < 4.78 is 4.76. The molecule has 3 rings (SSSR count). The Morgan fingerprint density at radius 1 is 1.21 bits per heavy atom. The summed E-state index contributed by atoms with van der Waals surface area (Å²) in [4.78, 5) is 13.2. The van der Waals surface area contributed by atoms with Crippen molar-refractivity contribution in [2.45, 2.75) is 25.1 Å². The summed E-state index contributed by atoms with van der Waals surface area (Å²) in [5.74, 6) is 0.948. The predicted molar refractivity (Wildman–Crippen MR) is 125 cm³/mol. The third-order valence-electron chi connectivity index (χ3n) is 5.31. The normalized spacial score (nSPS) is 24.6. The number of carbonyl (C=O) groups excluding carboxylic acids is 1. The van der Waals surface area contributed by atoms with Crippen molar-refractivity contribution in [1.82, 2.24) is 0 Å². The van der Waals surface area contributed by atoms with Crippen molar-refractivity contribution in [3.05, 3.63) is 67.8 Å². The number of ether oxygens (including phenoxy) is 1. The molecule has 0 amide bonds. The Kier molecular flexibility index (Phi) is 7.86. The van der Waals surface area contributed by atoms with E-state index < -0.39 is 0 Å². The number of thiophene rings is 1. The van der Waals surface area contributed by atoms with E-state index in [9.17, 15) is 4.79 Å². The molecule has 0 unspecified atom stereocenters. The number of alkyl halides is 1. The fraction of sp³-hybridized carbons (Fsp3) is 0.348. The first-order valence-electron chi connectivity index (χ1n) is 9.50. The number of hydrogen-bond donors (Lipinski definition) is 0. The van der Waals surface area contributed by atoms with E-state index in [0.29, 0.717) is 32.7 Å². The molecule has 2 aromatic rings. The Labute approximate surface area is 191 Å². The number of allylic oxidation sites excluding steroid dienone is 2. The van der Waals surface area contributed by atoms with Gasteiger partial charge >= 0.3 is 5.97 Å². The highest BCUT2D eigenvalue weighted by atomic mass is 35.5. The van der Waals surface area contributed by atoms with Crippen LogP contribution in [0.1, 0.15) is 39.9 Å². The molecule has 0 saturated heterocycles. The second-order valence-corrected chi connectivity index (χ2v) is 9.91. The van der Waals surface area contributed by atoms with E-state index in [0.717, 1.165) is 23.3 Å². The Hall–Kier alpha value is -1.26. The van der Waals surface area contributed by atoms with Crippen LogP contribution >= 0.6 is 46.1 Å². The standard InChI is InChI=1S/C23H23Cl3O2S/c1-14-10-21(26)20(5-3-4-18-7-9-22(29-18)23(27)28-2)19(14)8-6-15-11-16(24)13-17(25)12-15/h3-4,6-9,11-14,19-21H,5,10H2,1-2H3/t14-,19+,20-,21-/m1/s1. The molecule has 1 aromatic heterocycles. The molecule has 2 nitrogen and oxygen atoms in total. The lowest BCUT2D eigenvalue weighted by Crippen LogP contribution is -2.14. The minimum absolute atomic E-state index is 0.140. The molecule has 6 heteroatoms. The molecule has 0 N–H and O–H groups in total. The molecule has 0 radical (unpaired) electrons. The van der Waals surface area contributed by atoms with Gasteiger partial charge < -0.3 is 4.74 Å². The molecule has 1 aliphatic carbocycles. The summed E-state index contributed by atoms with van der Waals surface area (Å²) in [5.41, 5.74) is 0.996. The van der Waals surface area contributed by atoms with Gasteiger partial charge in [-0.05, 0) is 72.6 Å². The third kappa shape index (κ3) is 5.88. The number of hydrogen-bond acceptors (Lipinski definition) is 3. The predicted octanol–water partition coefficient (Wildman–Crippen LogP) is 7.84. The average Bonchev–Trinajstić information content (AvgIpc) is 3.23. The quantitative estimate of drug-likeness (QED) is 0.318. The van der Waals surface area contributed by atoms with Crippen molar-refractivity contribution in [2.24, 2.45) is 17.8 Å². The van der Waals surface area contributed by atoms with Gasteiger partial charge in [-0.2, -0.15) is 0 Å². The van der Waals surface area contributed by atoms with Gasteiger partial charge in [0.05, 0.1) is 7.11 Å². The van der Waals surface area contributed by atoms with E-state index in [2.05, 4.69) is 31.2 Å². The minimum Gasteiger partial charge on any atom is -0.465 e. The molecule has 0 spiro atoms. The van der Waals surface area contributed by atoms with Gasteiger partial charge in [0.1, 0.15) is 4.88 Å². The summed E-state index contributed by atoms with van der Waals surface area (Å²) in [7, 11) is 1.39. The third-order valence-corrected chi connectivity index (χ3v) is 7.28. The van der Waals surface area contributed by atoms with E-state index in [1.165, 1.54) is 18.4 Å². The Bertz CT molecular complexity index is 898. The number of halogens is 3. The number of benzene rings is 1. The van der Waals surface area contributed by atoms with Crippen LogP contribution in [0.25, 0.3) is 12.2 Å². The molecule has 29 heavy (non-hydrogen) atoms. The van der Waals surface area contributed by atoms with Gasteiger partial charge in [0.2, 0.25) is 0 Å². The highest BCUT2D eigenvalue weighted by molar-refractivity contribution is 7.14. The van der Waals surface area contributed by atoms with Gasteiger partial charge in [-0.25, -0.2) is 4.79 Å². The van der Waals surface area contributed by atoms with Crippen molar-refractivity contribution in [2.75, 3.05) is 7.11 Å². The Morgan fingerprint density at radius 3 is 2.62 bits per heavy atom. The van der Waals surface area contributed by atoms with E-state index in [1.807, 2.05) is 18.2 Å². The van der Waals surface area contributed by atoms with Crippen LogP contribution in [0.4, 0.5) is 0 Å². The highest BCUT2D eigenvalue weighted by Crippen LogP contribution is 2.43. The molecule has 4 atom stereocenters. The zero-order chi connectivity index (χ0) is 21.0. The molecule has 0 bridgehead atoms. The smallest absolute Gasteiger partial charge is 0.348 e. The van der Waals surface area contributed by atoms with E-state index in [-0.39, 0.29) is 11.3 Å². The fourth-order valence-corrected chi connectivity index (χ4v) is 5.83. The molecule has 0 aliphatic heterocycles. The van der Waals surface area contributed by atoms with Gasteiger partial charge in [-0.3, -0.25) is 0 Å². The molecule has 1 heterocycles. The first-order valence-corrected chi connectivity index (χ1v) is 11.5. The lowest BCUT2D eigenvalue weighted by molar-refractivity contribution is 0.0606. The molecular formula is C23H23Cl3O2S. The van der Waals surface area contributed by atoms with Crippen LogP contribution in [0.3, 0.4) is 0 Å². The van der Waals surface area contributed by atoms with Crippen molar-refractivity contribution in [3.63, 3.8) is 0 Å². The Morgan fingerprint density at radius 2 is 1.93 bits per heavy atom. The van der Waals surface area contributed by atoms with Crippen molar-refractivity contribution in [1.29, 1.82) is 0 Å². The van der Waals surface area contributed by atoms with Crippen molar-refractivity contribution >= 4 is 64.3 Å². The molecule has 1 fully saturated rings. The summed E-state index contributed by atoms with van der Waals surface area (Å²) in [5, 5.41) is 1.41. The van der Waals surface area contributed by atoms with Gasteiger partial charge in [0, 0.05) is 20.3 Å². The van der Waals surface area contributed by atoms with E-state index >= 15 is 0 Å². The maximum Gasteiger partial charge on any atom is 0.348 e. The maximum atomic E-state index is 11.6. The van der Waals surface area contributed by atoms with Gasteiger partial charge in [0.15, 0.2) is 0 Å². The first kappa shape index (κ1) is 22.4. The second kappa shape index (κ2) is 10.2. The summed E-state index contributed by atoms with van der Waals surface area (Å²) in [6, 6.07) is 9.28. The van der Waals surface area contributed by atoms with Gasteiger partial charge in [0.25, 0.3) is 0 Å². The number of rotatable bonds is 6. The Balaban J connectivity index is 1.68. The van der Waals surface area contributed by atoms with Crippen LogP contribution in [0.2, 0.25) is 10.0 Å². The highest BCUT2D eigenvalue weighted by Gasteiger charge is 2.37. The number of methoxy groups -OCH3 is 1. The monoisotopic (exact) mass is 468 g/mol. The lowest BCUT2D eigenvalue weighted by Gasteiger charge is -2.19. The van der Waals surface area contributed by atoms with Crippen molar-refractivity contribution < 1.29 is 9.53 Å². The first-order chi connectivity index (χ1) is 13.9. The van der Waals surface area contributed by atoms with E-state index in [1.54, 1.807) is 12.1 Å². The van der Waals surface area contributed by atoms with Crippen LogP contribution in [-0.2, 0) is 4.74 Å². The van der Waals surface area contributed by atoms with Crippen LogP contribution in [-0.4, -0.2) is 18.5 Å². The van der Waals surface area contributed by atoms with Crippen LogP contribution < -0.4 is 0 Å². The average molecular weight is 470 g/mol. The number of carbonyl (C=O) groups is 1. The molecule has 1 aromatic carbocycles. The zero-order valence-corrected chi connectivity index (χ0v) is 19.4. The molecular weight excluding hydrogens is 447 g/mol.